The zero-order valence-electron chi connectivity index (χ0n) is 13.3. The second-order valence-electron chi connectivity index (χ2n) is 5.29. The lowest BCUT2D eigenvalue weighted by molar-refractivity contribution is 0.102. The van der Waals surface area contributed by atoms with Crippen LogP contribution < -0.4 is 10.6 Å². The van der Waals surface area contributed by atoms with Crippen LogP contribution in [0.15, 0.2) is 54.6 Å². The minimum absolute atomic E-state index is 0.238. The number of amides is 1. The summed E-state index contributed by atoms with van der Waals surface area (Å²) in [6, 6.07) is 15.7. The minimum Gasteiger partial charge on any atom is -0.323 e. The Morgan fingerprint density at radius 3 is 2.56 bits per heavy atom. The van der Waals surface area contributed by atoms with E-state index in [1.165, 1.54) is 0 Å². The second-order valence-corrected chi connectivity index (χ2v) is 6.13. The first-order valence-corrected chi connectivity index (χ1v) is 8.21. The van der Waals surface area contributed by atoms with E-state index in [9.17, 15) is 4.79 Å². The van der Waals surface area contributed by atoms with Gasteiger partial charge in [0.1, 0.15) is 5.69 Å². The summed E-state index contributed by atoms with van der Waals surface area (Å²) in [4.78, 5) is 21.0. The lowest BCUT2D eigenvalue weighted by atomic mass is 10.3. The van der Waals surface area contributed by atoms with Crippen molar-refractivity contribution in [1.82, 2.24) is 9.97 Å². The first kappa shape index (κ1) is 17.2. The number of nitrogens with zero attached hydrogens (tertiary/aromatic N) is 2. The molecule has 7 heteroatoms. The molecule has 0 atom stereocenters. The normalized spacial score (nSPS) is 10.4. The molecular formula is C18H14Cl2N4O. The number of hydrogen-bond acceptors (Lipinski definition) is 4. The summed E-state index contributed by atoms with van der Waals surface area (Å²) in [6.07, 6.45) is 0. The van der Waals surface area contributed by atoms with Crippen LogP contribution in [0.25, 0.3) is 0 Å². The highest BCUT2D eigenvalue weighted by Crippen LogP contribution is 2.23. The predicted molar refractivity (Wildman–Crippen MR) is 101 cm³/mol. The zero-order valence-corrected chi connectivity index (χ0v) is 14.8. The van der Waals surface area contributed by atoms with E-state index < -0.39 is 0 Å². The molecule has 3 aromatic rings. The lowest BCUT2D eigenvalue weighted by Crippen LogP contribution is -2.15. The van der Waals surface area contributed by atoms with Gasteiger partial charge in [-0.15, -0.1) is 0 Å². The summed E-state index contributed by atoms with van der Waals surface area (Å²) in [5.41, 5.74) is 2.15. The van der Waals surface area contributed by atoms with Crippen LogP contribution in [0.2, 0.25) is 10.0 Å². The number of carbonyl (C=O) groups excluding carboxylic acids is 1. The molecule has 25 heavy (non-hydrogen) atoms. The molecular weight excluding hydrogens is 359 g/mol. The maximum Gasteiger partial charge on any atom is 0.274 e. The smallest absolute Gasteiger partial charge is 0.274 e. The summed E-state index contributed by atoms with van der Waals surface area (Å²) < 4.78 is 0. The van der Waals surface area contributed by atoms with Crippen molar-refractivity contribution in [2.24, 2.45) is 0 Å². The molecule has 1 amide bonds. The van der Waals surface area contributed by atoms with E-state index in [4.69, 9.17) is 23.2 Å². The van der Waals surface area contributed by atoms with Gasteiger partial charge >= 0.3 is 0 Å². The highest BCUT2D eigenvalue weighted by atomic mass is 35.5. The quantitative estimate of drug-likeness (QED) is 0.669. The fraction of sp³-hybridized carbons (Fsp3) is 0.0556. The average molecular weight is 373 g/mol. The van der Waals surface area contributed by atoms with Crippen molar-refractivity contribution in [3.8, 4) is 0 Å². The first-order chi connectivity index (χ1) is 12.0. The van der Waals surface area contributed by atoms with Crippen molar-refractivity contribution in [3.05, 3.63) is 76.0 Å². The Kier molecular flexibility index (Phi) is 5.16. The van der Waals surface area contributed by atoms with Crippen LogP contribution in [-0.2, 0) is 0 Å². The number of nitrogens with one attached hydrogen (secondary N) is 2. The number of carbonyl (C=O) groups is 1. The zero-order chi connectivity index (χ0) is 17.8. The van der Waals surface area contributed by atoms with Gasteiger partial charge < -0.3 is 10.6 Å². The number of halogens is 2. The van der Waals surface area contributed by atoms with Crippen LogP contribution in [0.4, 0.5) is 17.3 Å². The molecule has 1 heterocycles. The highest BCUT2D eigenvalue weighted by molar-refractivity contribution is 6.33. The molecule has 5 nitrogen and oxygen atoms in total. The van der Waals surface area contributed by atoms with E-state index in [0.29, 0.717) is 33.1 Å². The molecule has 0 saturated carbocycles. The predicted octanol–water partition coefficient (Wildman–Crippen LogP) is 5.09. The molecule has 0 bridgehead atoms. The molecule has 0 spiro atoms. The molecule has 2 N–H and O–H groups in total. The van der Waals surface area contributed by atoms with Gasteiger partial charge in [0.25, 0.3) is 5.91 Å². The van der Waals surface area contributed by atoms with Crippen LogP contribution in [-0.4, -0.2) is 15.9 Å². The van der Waals surface area contributed by atoms with Gasteiger partial charge in [0.15, 0.2) is 0 Å². The van der Waals surface area contributed by atoms with Gasteiger partial charge in [0.05, 0.1) is 10.7 Å². The Labute approximate surface area is 155 Å². The molecule has 0 radical (unpaired) electrons. The third-order valence-electron chi connectivity index (χ3n) is 3.29. The minimum atomic E-state index is -0.352. The van der Waals surface area contributed by atoms with Gasteiger partial charge in [-0.3, -0.25) is 4.79 Å². The summed E-state index contributed by atoms with van der Waals surface area (Å²) in [7, 11) is 0. The summed E-state index contributed by atoms with van der Waals surface area (Å²) in [5, 5.41) is 6.87. The fourth-order valence-electron chi connectivity index (χ4n) is 2.19. The Balaban J connectivity index is 1.83. The van der Waals surface area contributed by atoms with Crippen molar-refractivity contribution in [3.63, 3.8) is 0 Å². The number of rotatable bonds is 4. The van der Waals surface area contributed by atoms with Gasteiger partial charge in [-0.2, -0.15) is 0 Å². The summed E-state index contributed by atoms with van der Waals surface area (Å²) in [5.74, 6) is -0.0562. The molecule has 0 aliphatic heterocycles. The van der Waals surface area contributed by atoms with Crippen molar-refractivity contribution in [2.75, 3.05) is 10.6 Å². The van der Waals surface area contributed by atoms with Crippen molar-refractivity contribution in [2.45, 2.75) is 6.92 Å². The average Bonchev–Trinajstić information content (AvgIpc) is 2.56. The van der Waals surface area contributed by atoms with Crippen molar-refractivity contribution in [1.29, 1.82) is 0 Å². The molecule has 3 rings (SSSR count). The molecule has 2 aromatic carbocycles. The Bertz CT molecular complexity index is 930. The maximum atomic E-state index is 12.5. The summed E-state index contributed by atoms with van der Waals surface area (Å²) >= 11 is 12.1. The van der Waals surface area contributed by atoms with Gasteiger partial charge in [-0.1, -0.05) is 41.4 Å². The SMILES string of the molecule is Cc1cc(C(=O)Nc2cccc(Cl)c2)nc(Nc2ccccc2Cl)n1. The largest absolute Gasteiger partial charge is 0.323 e. The first-order valence-electron chi connectivity index (χ1n) is 7.45. The number of hydrogen-bond donors (Lipinski definition) is 2. The van der Waals surface area contributed by atoms with Crippen LogP contribution >= 0.6 is 23.2 Å². The number of benzene rings is 2. The van der Waals surface area contributed by atoms with E-state index in [2.05, 4.69) is 20.6 Å². The molecule has 0 aliphatic rings. The van der Waals surface area contributed by atoms with Gasteiger partial charge in [-0.25, -0.2) is 9.97 Å². The molecule has 126 valence electrons. The Hall–Kier alpha value is -2.63. The van der Waals surface area contributed by atoms with Crippen molar-refractivity contribution >= 4 is 46.4 Å². The second kappa shape index (κ2) is 7.51. The number of aromatic nitrogens is 2. The Morgan fingerprint density at radius 2 is 1.80 bits per heavy atom. The number of para-hydroxylation sites is 1. The third-order valence-corrected chi connectivity index (χ3v) is 3.85. The molecule has 0 fully saturated rings. The Morgan fingerprint density at radius 1 is 1.00 bits per heavy atom. The molecule has 0 unspecified atom stereocenters. The standard InChI is InChI=1S/C18H14Cl2N4O/c1-11-9-16(17(25)22-13-6-4-5-12(19)10-13)24-18(21-11)23-15-8-3-2-7-14(15)20/h2-10H,1H3,(H,22,25)(H,21,23,24). The van der Waals surface area contributed by atoms with Gasteiger partial charge in [-0.05, 0) is 43.3 Å². The monoisotopic (exact) mass is 372 g/mol. The van der Waals surface area contributed by atoms with E-state index in [1.807, 2.05) is 12.1 Å². The molecule has 0 aliphatic carbocycles. The lowest BCUT2D eigenvalue weighted by Gasteiger charge is -2.10. The van der Waals surface area contributed by atoms with E-state index in [-0.39, 0.29) is 11.6 Å². The van der Waals surface area contributed by atoms with E-state index in [1.54, 1.807) is 49.4 Å². The van der Waals surface area contributed by atoms with Crippen LogP contribution in [0.1, 0.15) is 16.2 Å². The van der Waals surface area contributed by atoms with Crippen LogP contribution in [0, 0.1) is 6.92 Å². The number of aryl methyl sites for hydroxylation is 1. The molecule has 1 aromatic heterocycles. The van der Waals surface area contributed by atoms with Gasteiger partial charge in [0.2, 0.25) is 5.95 Å². The molecule has 0 saturated heterocycles. The van der Waals surface area contributed by atoms with Crippen LogP contribution in [0.3, 0.4) is 0 Å². The van der Waals surface area contributed by atoms with E-state index in [0.717, 1.165) is 0 Å². The van der Waals surface area contributed by atoms with E-state index >= 15 is 0 Å². The number of anilines is 3. The van der Waals surface area contributed by atoms with Gasteiger partial charge in [0, 0.05) is 16.4 Å². The fourth-order valence-corrected chi connectivity index (χ4v) is 2.56. The topological polar surface area (TPSA) is 66.9 Å². The van der Waals surface area contributed by atoms with Crippen molar-refractivity contribution < 1.29 is 4.79 Å². The maximum absolute atomic E-state index is 12.5. The highest BCUT2D eigenvalue weighted by Gasteiger charge is 2.12. The van der Waals surface area contributed by atoms with Crippen LogP contribution in [0.5, 0.6) is 0 Å². The third kappa shape index (κ3) is 4.47. The summed E-state index contributed by atoms with van der Waals surface area (Å²) in [6.45, 7) is 1.79.